The van der Waals surface area contributed by atoms with Gasteiger partial charge in [-0.05, 0) is 55.3 Å². The van der Waals surface area contributed by atoms with E-state index in [9.17, 15) is 14.4 Å². The number of carbonyl (C=O) groups is 3. The third kappa shape index (κ3) is 5.63. The Labute approximate surface area is 182 Å². The highest BCUT2D eigenvalue weighted by Crippen LogP contribution is 2.34. The van der Waals surface area contributed by atoms with E-state index >= 15 is 0 Å². The summed E-state index contributed by atoms with van der Waals surface area (Å²) in [6.07, 6.45) is -0.433. The molecular weight excluding hydrogens is 396 g/mol. The first-order chi connectivity index (χ1) is 14.7. The second-order valence-electron chi connectivity index (χ2n) is 8.04. The van der Waals surface area contributed by atoms with Crippen LogP contribution in [0.3, 0.4) is 0 Å². The smallest absolute Gasteiger partial charge is 0.267 e. The third-order valence-electron chi connectivity index (χ3n) is 4.92. The van der Waals surface area contributed by atoms with Crippen LogP contribution in [-0.2, 0) is 9.59 Å². The first kappa shape index (κ1) is 22.3. The number of nitrogens with one attached hydrogen (secondary N) is 1. The molecule has 2 aromatic carbocycles. The largest absolute Gasteiger partial charge is 0.493 e. The molecule has 0 radical (unpaired) electrons. The molecular formula is C24H28N2O5. The Kier molecular flexibility index (Phi) is 6.95. The number of Topliss-reactive ketones (excluding diaryl/α,β-unsaturated/α-hetero) is 1. The zero-order valence-corrected chi connectivity index (χ0v) is 18.3. The Morgan fingerprint density at radius 3 is 2.52 bits per heavy atom. The van der Waals surface area contributed by atoms with Crippen LogP contribution >= 0.6 is 0 Å². The Morgan fingerprint density at radius 1 is 1.13 bits per heavy atom. The maximum absolute atomic E-state index is 12.6. The molecule has 7 heteroatoms. The van der Waals surface area contributed by atoms with E-state index in [-0.39, 0.29) is 30.4 Å². The van der Waals surface area contributed by atoms with Crippen LogP contribution in [0.4, 0.5) is 11.4 Å². The van der Waals surface area contributed by atoms with Gasteiger partial charge in [0.25, 0.3) is 5.91 Å². The Bertz CT molecular complexity index is 968. The van der Waals surface area contributed by atoms with Crippen LogP contribution in [0.15, 0.2) is 42.5 Å². The molecule has 1 atom stereocenters. The number of fused-ring (bicyclic) bond motifs is 1. The van der Waals surface area contributed by atoms with Crippen molar-refractivity contribution >= 4 is 29.0 Å². The summed E-state index contributed by atoms with van der Waals surface area (Å²) in [5.74, 6) is 1.16. The summed E-state index contributed by atoms with van der Waals surface area (Å²) in [6.45, 7) is 6.47. The van der Waals surface area contributed by atoms with Gasteiger partial charge in [-0.15, -0.1) is 0 Å². The lowest BCUT2D eigenvalue weighted by Crippen LogP contribution is -2.42. The number of ether oxygens (including phenoxy) is 2. The first-order valence-corrected chi connectivity index (χ1v) is 10.4. The highest BCUT2D eigenvalue weighted by Gasteiger charge is 2.29. The monoisotopic (exact) mass is 424 g/mol. The topological polar surface area (TPSA) is 84.9 Å². The SMILES string of the molecule is CC(C)COc1ccc(NC(=O)CCC(=O)c2ccc3c(c2)N(C)C(=O)C(C)O3)cc1. The second kappa shape index (κ2) is 9.64. The molecule has 2 amide bonds. The van der Waals surface area contributed by atoms with E-state index in [1.807, 2.05) is 0 Å². The maximum Gasteiger partial charge on any atom is 0.267 e. The van der Waals surface area contributed by atoms with Gasteiger partial charge in [-0.25, -0.2) is 0 Å². The molecule has 7 nitrogen and oxygen atoms in total. The van der Waals surface area contributed by atoms with Crippen LogP contribution in [0.25, 0.3) is 0 Å². The van der Waals surface area contributed by atoms with Gasteiger partial charge in [-0.2, -0.15) is 0 Å². The van der Waals surface area contributed by atoms with Gasteiger partial charge in [-0.1, -0.05) is 13.8 Å². The minimum Gasteiger partial charge on any atom is -0.493 e. The molecule has 0 aromatic heterocycles. The summed E-state index contributed by atoms with van der Waals surface area (Å²) in [6, 6.07) is 12.1. The van der Waals surface area contributed by atoms with Crippen molar-refractivity contribution in [2.24, 2.45) is 5.92 Å². The minimum absolute atomic E-state index is 0.0593. The normalized spacial score (nSPS) is 15.3. The fourth-order valence-electron chi connectivity index (χ4n) is 3.18. The standard InChI is InChI=1S/C24H28N2O5/c1-15(2)14-30-19-8-6-18(7-9-19)25-23(28)12-10-21(27)17-5-11-22-20(13-17)26(4)24(29)16(3)31-22/h5-9,11,13,15-16H,10,12,14H2,1-4H3,(H,25,28). The number of carbonyl (C=O) groups excluding carboxylic acids is 3. The quantitative estimate of drug-likeness (QED) is 0.646. The summed E-state index contributed by atoms with van der Waals surface area (Å²) in [5.41, 5.74) is 1.64. The molecule has 3 rings (SSSR count). The number of anilines is 2. The molecule has 164 valence electrons. The van der Waals surface area contributed by atoms with Crippen LogP contribution in [0.5, 0.6) is 11.5 Å². The van der Waals surface area contributed by atoms with Crippen LogP contribution in [0.2, 0.25) is 0 Å². The molecule has 2 aromatic rings. The fourth-order valence-corrected chi connectivity index (χ4v) is 3.18. The summed E-state index contributed by atoms with van der Waals surface area (Å²) < 4.78 is 11.2. The molecule has 31 heavy (non-hydrogen) atoms. The Balaban J connectivity index is 1.54. The van der Waals surface area contributed by atoms with Crippen molar-refractivity contribution in [3.63, 3.8) is 0 Å². The fraction of sp³-hybridized carbons (Fsp3) is 0.375. The molecule has 1 unspecified atom stereocenters. The predicted octanol–water partition coefficient (Wildman–Crippen LogP) is 4.07. The van der Waals surface area contributed by atoms with E-state index in [1.165, 1.54) is 4.90 Å². The molecule has 0 fully saturated rings. The van der Waals surface area contributed by atoms with Gasteiger partial charge in [0.05, 0.1) is 12.3 Å². The number of likely N-dealkylation sites (N-methyl/N-ethyl adjacent to an activating group) is 1. The molecule has 1 N–H and O–H groups in total. The summed E-state index contributed by atoms with van der Waals surface area (Å²) in [7, 11) is 1.65. The van der Waals surface area contributed by atoms with Gasteiger partial charge in [0.15, 0.2) is 11.9 Å². The van der Waals surface area contributed by atoms with E-state index in [1.54, 1.807) is 56.4 Å². The minimum atomic E-state index is -0.557. The van der Waals surface area contributed by atoms with E-state index in [4.69, 9.17) is 9.47 Å². The van der Waals surface area contributed by atoms with Crippen molar-refractivity contribution in [2.75, 3.05) is 23.9 Å². The average Bonchev–Trinajstić information content (AvgIpc) is 2.75. The van der Waals surface area contributed by atoms with E-state index in [0.717, 1.165) is 5.75 Å². The first-order valence-electron chi connectivity index (χ1n) is 10.4. The molecule has 0 saturated heterocycles. The number of hydrogen-bond donors (Lipinski definition) is 1. The van der Waals surface area contributed by atoms with Gasteiger partial charge < -0.3 is 19.7 Å². The van der Waals surface area contributed by atoms with Crippen molar-refractivity contribution in [3.05, 3.63) is 48.0 Å². The molecule has 1 aliphatic rings. The highest BCUT2D eigenvalue weighted by molar-refractivity contribution is 6.04. The summed E-state index contributed by atoms with van der Waals surface area (Å²) in [5, 5.41) is 2.79. The molecule has 0 saturated carbocycles. The lowest BCUT2D eigenvalue weighted by atomic mass is 10.0. The average molecular weight is 424 g/mol. The zero-order chi connectivity index (χ0) is 22.5. The van der Waals surface area contributed by atoms with Crippen LogP contribution < -0.4 is 19.7 Å². The molecule has 1 heterocycles. The number of nitrogens with zero attached hydrogens (tertiary/aromatic N) is 1. The van der Waals surface area contributed by atoms with Gasteiger partial charge >= 0.3 is 0 Å². The lowest BCUT2D eigenvalue weighted by molar-refractivity contribution is -0.125. The van der Waals surface area contributed by atoms with E-state index in [0.29, 0.717) is 35.2 Å². The number of benzene rings is 2. The van der Waals surface area contributed by atoms with Crippen LogP contribution in [0, 0.1) is 5.92 Å². The lowest BCUT2D eigenvalue weighted by Gasteiger charge is -2.30. The molecule has 1 aliphatic heterocycles. The Morgan fingerprint density at radius 2 is 1.84 bits per heavy atom. The van der Waals surface area contributed by atoms with Crippen molar-refractivity contribution in [3.8, 4) is 11.5 Å². The Hall–Kier alpha value is -3.35. The van der Waals surface area contributed by atoms with Crippen molar-refractivity contribution in [1.82, 2.24) is 0 Å². The van der Waals surface area contributed by atoms with E-state index in [2.05, 4.69) is 19.2 Å². The highest BCUT2D eigenvalue weighted by atomic mass is 16.5. The second-order valence-corrected chi connectivity index (χ2v) is 8.04. The van der Waals surface area contributed by atoms with E-state index < -0.39 is 6.10 Å². The molecule has 0 bridgehead atoms. The van der Waals surface area contributed by atoms with Crippen molar-refractivity contribution in [1.29, 1.82) is 0 Å². The van der Waals surface area contributed by atoms with Gasteiger partial charge in [0, 0.05) is 31.1 Å². The number of rotatable bonds is 8. The molecule has 0 aliphatic carbocycles. The van der Waals surface area contributed by atoms with Crippen molar-refractivity contribution in [2.45, 2.75) is 39.7 Å². The number of hydrogen-bond acceptors (Lipinski definition) is 5. The van der Waals surface area contributed by atoms with Crippen molar-refractivity contribution < 1.29 is 23.9 Å². The summed E-state index contributed by atoms with van der Waals surface area (Å²) >= 11 is 0. The third-order valence-corrected chi connectivity index (χ3v) is 4.92. The van der Waals surface area contributed by atoms with Crippen LogP contribution in [-0.4, -0.2) is 37.4 Å². The number of amides is 2. The summed E-state index contributed by atoms with van der Waals surface area (Å²) in [4.78, 5) is 38.4. The molecule has 0 spiro atoms. The van der Waals surface area contributed by atoms with Gasteiger partial charge in [0.1, 0.15) is 11.5 Å². The zero-order valence-electron chi connectivity index (χ0n) is 18.3. The predicted molar refractivity (Wildman–Crippen MR) is 119 cm³/mol. The van der Waals surface area contributed by atoms with Gasteiger partial charge in [0.2, 0.25) is 5.91 Å². The number of ketones is 1. The maximum atomic E-state index is 12.6. The van der Waals surface area contributed by atoms with Crippen LogP contribution in [0.1, 0.15) is 44.0 Å². The van der Waals surface area contributed by atoms with Gasteiger partial charge in [-0.3, -0.25) is 14.4 Å².